The van der Waals surface area contributed by atoms with Crippen LogP contribution in [0.25, 0.3) is 0 Å². The minimum atomic E-state index is -0.221. The van der Waals surface area contributed by atoms with Crippen LogP contribution in [0.4, 0.5) is 0 Å². The predicted molar refractivity (Wildman–Crippen MR) is 61.7 cm³/mol. The van der Waals surface area contributed by atoms with Crippen LogP contribution in [0.1, 0.15) is 39.0 Å². The van der Waals surface area contributed by atoms with Gasteiger partial charge in [-0.3, -0.25) is 0 Å². The summed E-state index contributed by atoms with van der Waals surface area (Å²) in [4.78, 5) is 0. The van der Waals surface area contributed by atoms with Crippen LogP contribution in [-0.2, 0) is 0 Å². The van der Waals surface area contributed by atoms with Crippen molar-refractivity contribution in [1.29, 1.82) is 0 Å². The van der Waals surface area contributed by atoms with Crippen LogP contribution in [0.15, 0.2) is 0 Å². The summed E-state index contributed by atoms with van der Waals surface area (Å²) >= 11 is 0. The summed E-state index contributed by atoms with van der Waals surface area (Å²) < 4.78 is 0. The molecule has 0 aromatic heterocycles. The van der Waals surface area contributed by atoms with Gasteiger partial charge in [0.05, 0.1) is 6.10 Å². The van der Waals surface area contributed by atoms with E-state index in [1.165, 1.54) is 25.7 Å². The average molecular weight is 215 g/mol. The molecule has 0 aromatic carbocycles. The monoisotopic (exact) mass is 215 g/mol. The van der Waals surface area contributed by atoms with Crippen LogP contribution in [-0.4, -0.2) is 36.0 Å². The number of rotatable bonds is 6. The maximum atomic E-state index is 9.40. The van der Waals surface area contributed by atoms with E-state index in [1.54, 1.807) is 0 Å². The lowest BCUT2D eigenvalue weighted by atomic mass is 9.79. The molecule has 1 saturated carbocycles. The van der Waals surface area contributed by atoms with Crippen molar-refractivity contribution < 1.29 is 10.2 Å². The number of hydrogen-bond donors (Lipinski definition) is 3. The molecule has 1 rings (SSSR count). The van der Waals surface area contributed by atoms with Gasteiger partial charge in [-0.1, -0.05) is 19.8 Å². The number of aliphatic hydroxyl groups is 2. The Balaban J connectivity index is 2.17. The Morgan fingerprint density at radius 3 is 2.53 bits per heavy atom. The zero-order chi connectivity index (χ0) is 11.1. The van der Waals surface area contributed by atoms with E-state index >= 15 is 0 Å². The Hall–Kier alpha value is -0.120. The maximum absolute atomic E-state index is 9.40. The lowest BCUT2D eigenvalue weighted by Gasteiger charge is -2.30. The smallest absolute Gasteiger partial charge is 0.0662 e. The second-order valence-electron chi connectivity index (χ2n) is 4.71. The molecule has 0 radical (unpaired) electrons. The summed E-state index contributed by atoms with van der Waals surface area (Å²) in [7, 11) is 0. The van der Waals surface area contributed by atoms with E-state index in [4.69, 9.17) is 0 Å². The molecule has 1 fully saturated rings. The van der Waals surface area contributed by atoms with Crippen molar-refractivity contribution in [3.63, 3.8) is 0 Å². The van der Waals surface area contributed by atoms with Crippen molar-refractivity contribution in [3.8, 4) is 0 Å². The van der Waals surface area contributed by atoms with Gasteiger partial charge < -0.3 is 15.5 Å². The van der Waals surface area contributed by atoms with Crippen molar-refractivity contribution >= 4 is 0 Å². The molecule has 0 aliphatic heterocycles. The molecule has 3 atom stereocenters. The normalized spacial score (nSPS) is 29.0. The molecule has 0 spiro atoms. The van der Waals surface area contributed by atoms with Crippen molar-refractivity contribution in [3.05, 3.63) is 0 Å². The molecule has 3 heteroatoms. The van der Waals surface area contributed by atoms with E-state index in [2.05, 4.69) is 5.32 Å². The quantitative estimate of drug-likeness (QED) is 0.623. The molecule has 3 unspecified atom stereocenters. The third-order valence-corrected chi connectivity index (χ3v) is 3.56. The maximum Gasteiger partial charge on any atom is 0.0662 e. The van der Waals surface area contributed by atoms with Gasteiger partial charge in [0.15, 0.2) is 0 Å². The first kappa shape index (κ1) is 12.9. The molecule has 1 aliphatic rings. The second-order valence-corrected chi connectivity index (χ2v) is 4.71. The van der Waals surface area contributed by atoms with E-state index in [0.29, 0.717) is 25.0 Å². The lowest BCUT2D eigenvalue weighted by molar-refractivity contribution is 0.124. The summed E-state index contributed by atoms with van der Waals surface area (Å²) in [6, 6.07) is 0. The first-order valence-corrected chi connectivity index (χ1v) is 6.27. The largest absolute Gasteiger partial charge is 0.396 e. The fraction of sp³-hybridized carbons (Fsp3) is 1.00. The molecule has 1 aliphatic carbocycles. The van der Waals surface area contributed by atoms with Gasteiger partial charge in [-0.05, 0) is 37.6 Å². The van der Waals surface area contributed by atoms with Crippen molar-refractivity contribution in [2.45, 2.75) is 45.1 Å². The second kappa shape index (κ2) is 7.20. The predicted octanol–water partition coefficient (Wildman–Crippen LogP) is 1.15. The molecular formula is C12H25NO2. The third kappa shape index (κ3) is 4.49. The van der Waals surface area contributed by atoms with Gasteiger partial charge in [-0.25, -0.2) is 0 Å². The van der Waals surface area contributed by atoms with Crippen LogP contribution in [0.2, 0.25) is 0 Å². The van der Waals surface area contributed by atoms with Crippen molar-refractivity contribution in [1.82, 2.24) is 5.32 Å². The first-order valence-electron chi connectivity index (χ1n) is 6.27. The van der Waals surface area contributed by atoms with Gasteiger partial charge in [0.25, 0.3) is 0 Å². The van der Waals surface area contributed by atoms with E-state index in [1.807, 2.05) is 6.92 Å². The number of aliphatic hydroxyl groups excluding tert-OH is 2. The van der Waals surface area contributed by atoms with Crippen LogP contribution in [0, 0.1) is 11.8 Å². The first-order chi connectivity index (χ1) is 7.27. The van der Waals surface area contributed by atoms with Crippen LogP contribution in [0.5, 0.6) is 0 Å². The van der Waals surface area contributed by atoms with E-state index in [-0.39, 0.29) is 6.10 Å². The SMILES string of the molecule is CCC(O)CNCC1CCCCC1CO. The van der Waals surface area contributed by atoms with E-state index < -0.39 is 0 Å². The topological polar surface area (TPSA) is 52.5 Å². The van der Waals surface area contributed by atoms with Gasteiger partial charge in [0.2, 0.25) is 0 Å². The number of hydrogen-bond acceptors (Lipinski definition) is 3. The van der Waals surface area contributed by atoms with Crippen molar-refractivity contribution in [2.24, 2.45) is 11.8 Å². The summed E-state index contributed by atoms with van der Waals surface area (Å²) in [5, 5.41) is 21.9. The molecule has 0 heterocycles. The van der Waals surface area contributed by atoms with Gasteiger partial charge in [0, 0.05) is 13.2 Å². The molecule has 90 valence electrons. The average Bonchev–Trinajstić information content (AvgIpc) is 2.29. The molecule has 3 N–H and O–H groups in total. The fourth-order valence-corrected chi connectivity index (χ4v) is 2.37. The zero-order valence-corrected chi connectivity index (χ0v) is 9.78. The highest BCUT2D eigenvalue weighted by molar-refractivity contribution is 4.76. The highest BCUT2D eigenvalue weighted by Crippen LogP contribution is 2.28. The summed E-state index contributed by atoms with van der Waals surface area (Å²) in [5.41, 5.74) is 0. The van der Waals surface area contributed by atoms with Gasteiger partial charge in [-0.2, -0.15) is 0 Å². The fourth-order valence-electron chi connectivity index (χ4n) is 2.37. The standard InChI is InChI=1S/C12H25NO2/c1-2-12(15)8-13-7-10-5-3-4-6-11(10)9-14/h10-15H,2-9H2,1H3. The highest BCUT2D eigenvalue weighted by Gasteiger charge is 2.23. The molecule has 3 nitrogen and oxygen atoms in total. The lowest BCUT2D eigenvalue weighted by Crippen LogP contribution is -2.35. The van der Waals surface area contributed by atoms with Gasteiger partial charge in [0.1, 0.15) is 0 Å². The third-order valence-electron chi connectivity index (χ3n) is 3.56. The highest BCUT2D eigenvalue weighted by atomic mass is 16.3. The van der Waals surface area contributed by atoms with Gasteiger partial charge >= 0.3 is 0 Å². The van der Waals surface area contributed by atoms with Crippen LogP contribution in [0.3, 0.4) is 0 Å². The Bertz CT molecular complexity index is 164. The molecule has 0 amide bonds. The van der Waals surface area contributed by atoms with Crippen LogP contribution < -0.4 is 5.32 Å². The Morgan fingerprint density at radius 1 is 1.27 bits per heavy atom. The van der Waals surface area contributed by atoms with E-state index in [0.717, 1.165) is 13.0 Å². The van der Waals surface area contributed by atoms with Crippen molar-refractivity contribution in [2.75, 3.05) is 19.7 Å². The summed E-state index contributed by atoms with van der Waals surface area (Å²) in [5.74, 6) is 1.08. The molecule has 0 aromatic rings. The van der Waals surface area contributed by atoms with E-state index in [9.17, 15) is 10.2 Å². The Morgan fingerprint density at radius 2 is 1.93 bits per heavy atom. The minimum absolute atomic E-state index is 0.221. The molecule has 0 saturated heterocycles. The Kier molecular flexibility index (Phi) is 6.22. The minimum Gasteiger partial charge on any atom is -0.396 e. The number of nitrogens with one attached hydrogen (secondary N) is 1. The molecule has 15 heavy (non-hydrogen) atoms. The summed E-state index contributed by atoms with van der Waals surface area (Å²) in [6.07, 6.45) is 5.53. The molecular weight excluding hydrogens is 190 g/mol. The molecule has 0 bridgehead atoms. The van der Waals surface area contributed by atoms with Crippen LogP contribution >= 0.6 is 0 Å². The van der Waals surface area contributed by atoms with Gasteiger partial charge in [-0.15, -0.1) is 0 Å². The zero-order valence-electron chi connectivity index (χ0n) is 9.78. The Labute approximate surface area is 92.9 Å². The summed E-state index contributed by atoms with van der Waals surface area (Å²) in [6.45, 7) is 3.94.